The second-order valence-corrected chi connectivity index (χ2v) is 8.16. The Kier molecular flexibility index (Phi) is 8.53. The first kappa shape index (κ1) is 27.7. The van der Waals surface area contributed by atoms with Crippen molar-refractivity contribution in [2.45, 2.75) is 26.1 Å². The topological polar surface area (TPSA) is 115 Å². The first-order valence-electron chi connectivity index (χ1n) is 10.9. The molecule has 3 N–H and O–H groups in total. The summed E-state index contributed by atoms with van der Waals surface area (Å²) in [5.74, 6) is -1.36. The van der Waals surface area contributed by atoms with Crippen LogP contribution in [0.5, 0.6) is 11.5 Å². The molecule has 0 aromatic heterocycles. The summed E-state index contributed by atoms with van der Waals surface area (Å²) in [6.07, 6.45) is -4.61. The maximum absolute atomic E-state index is 13.3. The predicted molar refractivity (Wildman–Crippen MR) is 127 cm³/mol. The zero-order valence-electron chi connectivity index (χ0n) is 19.9. The van der Waals surface area contributed by atoms with Crippen LogP contribution in [0.3, 0.4) is 0 Å². The third-order valence-electron chi connectivity index (χ3n) is 5.18. The van der Waals surface area contributed by atoms with Crippen molar-refractivity contribution in [3.63, 3.8) is 0 Å². The summed E-state index contributed by atoms with van der Waals surface area (Å²) in [5, 5.41) is 7.66. The molecule has 3 rings (SSSR count). The van der Waals surface area contributed by atoms with Crippen LogP contribution in [0, 0.1) is 0 Å². The largest absolute Gasteiger partial charge is 0.493 e. The lowest BCUT2D eigenvalue weighted by Crippen LogP contribution is -2.46. The number of hydrogen-bond acceptors (Lipinski definition) is 6. The molecule has 0 radical (unpaired) electrons. The molecule has 2 aromatic rings. The lowest BCUT2D eigenvalue weighted by Gasteiger charge is -2.30. The van der Waals surface area contributed by atoms with E-state index >= 15 is 0 Å². The number of carbonyl (C=O) groups excluding carboxylic acids is 3. The van der Waals surface area contributed by atoms with E-state index in [4.69, 9.17) is 25.8 Å². The highest BCUT2D eigenvalue weighted by Crippen LogP contribution is 2.42. The fraction of sp³-hybridized carbons (Fsp3) is 0.292. The van der Waals surface area contributed by atoms with E-state index in [2.05, 4.69) is 16.0 Å². The van der Waals surface area contributed by atoms with Crippen molar-refractivity contribution in [1.82, 2.24) is 10.6 Å². The second kappa shape index (κ2) is 11.4. The van der Waals surface area contributed by atoms with Crippen molar-refractivity contribution in [1.29, 1.82) is 0 Å². The predicted octanol–water partition coefficient (Wildman–Crippen LogP) is 4.58. The fourth-order valence-corrected chi connectivity index (χ4v) is 3.86. The van der Waals surface area contributed by atoms with Gasteiger partial charge >= 0.3 is 18.2 Å². The number of benzene rings is 2. The van der Waals surface area contributed by atoms with Gasteiger partial charge in [-0.1, -0.05) is 17.7 Å². The van der Waals surface area contributed by atoms with Crippen molar-refractivity contribution in [3.8, 4) is 11.5 Å². The van der Waals surface area contributed by atoms with Crippen molar-refractivity contribution in [2.24, 2.45) is 0 Å². The average molecular weight is 542 g/mol. The van der Waals surface area contributed by atoms with Crippen molar-refractivity contribution in [2.75, 3.05) is 25.6 Å². The molecular weight excluding hydrogens is 519 g/mol. The summed E-state index contributed by atoms with van der Waals surface area (Å²) in [5.41, 5.74) is -0.803. The number of anilines is 1. The van der Waals surface area contributed by atoms with E-state index in [0.717, 1.165) is 18.2 Å². The number of carbonyl (C=O) groups is 3. The molecule has 0 bridgehead atoms. The van der Waals surface area contributed by atoms with Crippen LogP contribution in [0.4, 0.5) is 23.7 Å². The SMILES string of the molecule is CCOC(=O)COc1c(OC)cc(Cl)cc1C1NC(=O)NC(C)=C1C(=O)Nc1cccc(C(F)(F)F)c1. The number of alkyl halides is 3. The quantitative estimate of drug-likeness (QED) is 0.422. The fourth-order valence-electron chi connectivity index (χ4n) is 3.64. The standard InChI is InChI=1S/C24H23ClF3N3O6/c1-4-36-18(32)11-37-21-16(9-14(25)10-17(21)35-3)20-19(12(2)29-23(34)31-20)22(33)30-15-7-5-6-13(8-15)24(26,27)28/h5-10,20H,4,11H2,1-3H3,(H,30,33)(H2,29,31,34). The highest BCUT2D eigenvalue weighted by atomic mass is 35.5. The van der Waals surface area contributed by atoms with Gasteiger partial charge in [0, 0.05) is 28.0 Å². The number of rotatable bonds is 8. The summed E-state index contributed by atoms with van der Waals surface area (Å²) >= 11 is 6.24. The van der Waals surface area contributed by atoms with Gasteiger partial charge in [-0.05, 0) is 38.1 Å². The second-order valence-electron chi connectivity index (χ2n) is 7.72. The van der Waals surface area contributed by atoms with Crippen LogP contribution in [0.2, 0.25) is 5.02 Å². The molecule has 0 saturated heterocycles. The normalized spacial score (nSPS) is 15.4. The number of ether oxygens (including phenoxy) is 3. The monoisotopic (exact) mass is 541 g/mol. The van der Waals surface area contributed by atoms with Gasteiger partial charge in [0.2, 0.25) is 0 Å². The molecule has 0 saturated carbocycles. The minimum Gasteiger partial charge on any atom is -0.493 e. The van der Waals surface area contributed by atoms with E-state index in [9.17, 15) is 27.6 Å². The van der Waals surface area contributed by atoms with Gasteiger partial charge in [0.05, 0.1) is 30.9 Å². The van der Waals surface area contributed by atoms with E-state index in [1.807, 2.05) is 0 Å². The number of nitrogens with one attached hydrogen (secondary N) is 3. The van der Waals surface area contributed by atoms with Crippen LogP contribution in [0.25, 0.3) is 0 Å². The number of halogens is 4. The Morgan fingerprint density at radius 2 is 1.92 bits per heavy atom. The molecule has 0 spiro atoms. The van der Waals surface area contributed by atoms with Crippen LogP contribution in [-0.4, -0.2) is 38.2 Å². The summed E-state index contributed by atoms with van der Waals surface area (Å²) < 4.78 is 55.2. The minimum absolute atomic E-state index is 0.00400. The van der Waals surface area contributed by atoms with Crippen LogP contribution >= 0.6 is 11.6 Å². The number of amides is 3. The Balaban J connectivity index is 2.04. The molecule has 0 fully saturated rings. The van der Waals surface area contributed by atoms with Crippen molar-refractivity contribution in [3.05, 3.63) is 63.8 Å². The Hall–Kier alpha value is -3.93. The number of hydrogen-bond donors (Lipinski definition) is 3. The van der Waals surface area contributed by atoms with Gasteiger partial charge in [-0.2, -0.15) is 13.2 Å². The molecule has 1 aliphatic rings. The summed E-state index contributed by atoms with van der Waals surface area (Å²) in [7, 11) is 1.33. The van der Waals surface area contributed by atoms with Crippen LogP contribution in [0.15, 0.2) is 47.7 Å². The maximum Gasteiger partial charge on any atom is 0.416 e. The number of esters is 1. The molecule has 3 amide bonds. The van der Waals surface area contributed by atoms with Crippen molar-refractivity contribution < 1.29 is 41.8 Å². The third-order valence-corrected chi connectivity index (χ3v) is 5.40. The number of urea groups is 1. The molecule has 1 unspecified atom stereocenters. The lowest BCUT2D eigenvalue weighted by atomic mass is 9.93. The van der Waals surface area contributed by atoms with Gasteiger partial charge in [-0.15, -0.1) is 0 Å². The Labute approximate surface area is 214 Å². The molecule has 0 aliphatic carbocycles. The summed E-state index contributed by atoms with van der Waals surface area (Å²) in [4.78, 5) is 37.6. The maximum atomic E-state index is 13.3. The Morgan fingerprint density at radius 1 is 1.19 bits per heavy atom. The van der Waals surface area contributed by atoms with Gasteiger partial charge in [0.25, 0.3) is 5.91 Å². The molecule has 9 nitrogen and oxygen atoms in total. The number of allylic oxidation sites excluding steroid dienone is 1. The molecular formula is C24H23ClF3N3O6. The van der Waals surface area contributed by atoms with E-state index in [0.29, 0.717) is 0 Å². The molecule has 13 heteroatoms. The molecule has 1 aliphatic heterocycles. The first-order chi connectivity index (χ1) is 17.4. The number of methoxy groups -OCH3 is 1. The van der Waals surface area contributed by atoms with Gasteiger partial charge < -0.3 is 30.2 Å². The summed E-state index contributed by atoms with van der Waals surface area (Å²) in [6, 6.07) is 5.09. The molecule has 37 heavy (non-hydrogen) atoms. The van der Waals surface area contributed by atoms with Gasteiger partial charge in [-0.3, -0.25) is 4.79 Å². The molecule has 1 atom stereocenters. The van der Waals surface area contributed by atoms with Crippen LogP contribution in [0.1, 0.15) is 31.0 Å². The average Bonchev–Trinajstić information content (AvgIpc) is 2.81. The Morgan fingerprint density at radius 3 is 2.57 bits per heavy atom. The van der Waals surface area contributed by atoms with Crippen LogP contribution < -0.4 is 25.4 Å². The smallest absolute Gasteiger partial charge is 0.416 e. The third kappa shape index (κ3) is 6.64. The van der Waals surface area contributed by atoms with Crippen LogP contribution in [-0.2, 0) is 20.5 Å². The van der Waals surface area contributed by atoms with E-state index in [1.165, 1.54) is 32.2 Å². The summed E-state index contributed by atoms with van der Waals surface area (Å²) in [6.45, 7) is 2.69. The van der Waals surface area contributed by atoms with Gasteiger partial charge in [0.15, 0.2) is 18.1 Å². The van der Waals surface area contributed by atoms with Gasteiger partial charge in [0.1, 0.15) is 0 Å². The van der Waals surface area contributed by atoms with Gasteiger partial charge in [-0.25, -0.2) is 9.59 Å². The zero-order valence-corrected chi connectivity index (χ0v) is 20.7. The lowest BCUT2D eigenvalue weighted by molar-refractivity contribution is -0.145. The molecule has 198 valence electrons. The molecule has 1 heterocycles. The van der Waals surface area contributed by atoms with E-state index in [1.54, 1.807) is 6.92 Å². The minimum atomic E-state index is -4.61. The van der Waals surface area contributed by atoms with Crippen molar-refractivity contribution >= 4 is 35.2 Å². The zero-order chi connectivity index (χ0) is 27.3. The molecule has 2 aromatic carbocycles. The highest BCUT2D eigenvalue weighted by molar-refractivity contribution is 6.31. The highest BCUT2D eigenvalue weighted by Gasteiger charge is 2.35. The van der Waals surface area contributed by atoms with E-state index < -0.39 is 42.3 Å². The Bertz CT molecular complexity index is 1250. The first-order valence-corrected chi connectivity index (χ1v) is 11.2. The van der Waals surface area contributed by atoms with E-state index in [-0.39, 0.29) is 45.6 Å².